The minimum atomic E-state index is 0.0403. The van der Waals surface area contributed by atoms with Crippen LogP contribution in [0.15, 0.2) is 6.07 Å². The Bertz CT molecular complexity index is 475. The minimum Gasteiger partial charge on any atom is -0.393 e. The lowest BCUT2D eigenvalue weighted by Gasteiger charge is -2.23. The first-order valence-corrected chi connectivity index (χ1v) is 8.61. The van der Waals surface area contributed by atoms with Crippen molar-refractivity contribution in [3.05, 3.63) is 21.4 Å². The highest BCUT2D eigenvalue weighted by Crippen LogP contribution is 2.32. The molecule has 1 amide bonds. The Morgan fingerprint density at radius 2 is 2.37 bits per heavy atom. The van der Waals surface area contributed by atoms with Gasteiger partial charge in [0.05, 0.1) is 9.87 Å². The van der Waals surface area contributed by atoms with Crippen LogP contribution in [0.5, 0.6) is 0 Å². The number of carbonyl (C=O) groups is 1. The molecule has 1 atom stereocenters. The average Bonchev–Trinajstić information content (AvgIpc) is 2.79. The lowest BCUT2D eigenvalue weighted by atomic mass is 10.2. The van der Waals surface area contributed by atoms with Crippen molar-refractivity contribution in [2.24, 2.45) is 5.73 Å². The van der Waals surface area contributed by atoms with Gasteiger partial charge in [-0.1, -0.05) is 12.2 Å². The first-order valence-electron chi connectivity index (χ1n) is 6.24. The van der Waals surface area contributed by atoms with Crippen LogP contribution in [0, 0.1) is 0 Å². The highest BCUT2D eigenvalue weighted by Gasteiger charge is 2.22. The van der Waals surface area contributed by atoms with Crippen LogP contribution >= 0.6 is 35.3 Å². The zero-order chi connectivity index (χ0) is 14.0. The van der Waals surface area contributed by atoms with E-state index in [4.69, 9.17) is 18.0 Å². The molecule has 19 heavy (non-hydrogen) atoms. The number of thioether (sulfide) groups is 1. The molecule has 2 N–H and O–H groups in total. The maximum Gasteiger partial charge on any atom is 0.263 e. The quantitative estimate of drug-likeness (QED) is 0.868. The molecule has 0 saturated carbocycles. The molecule has 0 aliphatic carbocycles. The van der Waals surface area contributed by atoms with E-state index >= 15 is 0 Å². The van der Waals surface area contributed by atoms with E-state index in [1.807, 2.05) is 25.7 Å². The Kier molecular flexibility index (Phi) is 4.86. The molecule has 6 heteroatoms. The van der Waals surface area contributed by atoms with Gasteiger partial charge in [-0.05, 0) is 30.7 Å². The van der Waals surface area contributed by atoms with E-state index in [0.717, 1.165) is 22.8 Å². The maximum absolute atomic E-state index is 12.4. The largest absolute Gasteiger partial charge is 0.393 e. The van der Waals surface area contributed by atoms with Gasteiger partial charge in [0.1, 0.15) is 0 Å². The maximum atomic E-state index is 12.4. The van der Waals surface area contributed by atoms with Crippen molar-refractivity contribution in [2.45, 2.75) is 31.6 Å². The molecule has 1 unspecified atom stereocenters. The number of hydrogen-bond acceptors (Lipinski definition) is 4. The summed E-state index contributed by atoms with van der Waals surface area (Å²) >= 11 is 8.48. The third-order valence-electron chi connectivity index (χ3n) is 3.32. The minimum absolute atomic E-state index is 0.0403. The summed E-state index contributed by atoms with van der Waals surface area (Å²) in [5.41, 5.74) is 6.88. The van der Waals surface area contributed by atoms with Crippen LogP contribution in [0.1, 0.15) is 33.5 Å². The lowest BCUT2D eigenvalue weighted by molar-refractivity contribution is 0.0753. The van der Waals surface area contributed by atoms with Crippen molar-refractivity contribution in [1.29, 1.82) is 0 Å². The summed E-state index contributed by atoms with van der Waals surface area (Å²) in [5.74, 6) is 2.27. The van der Waals surface area contributed by atoms with Gasteiger partial charge in [0.15, 0.2) is 0 Å². The Hall–Kier alpha value is -0.590. The van der Waals surface area contributed by atoms with Crippen LogP contribution in [0.4, 0.5) is 0 Å². The fourth-order valence-corrected chi connectivity index (χ4v) is 4.65. The second-order valence-electron chi connectivity index (χ2n) is 4.80. The van der Waals surface area contributed by atoms with Crippen molar-refractivity contribution in [2.75, 3.05) is 12.8 Å². The van der Waals surface area contributed by atoms with E-state index in [2.05, 4.69) is 6.07 Å². The normalized spacial score (nSPS) is 15.7. The molecule has 2 rings (SSSR count). The highest BCUT2D eigenvalue weighted by atomic mass is 32.2. The molecule has 0 bridgehead atoms. The number of hydrogen-bond donors (Lipinski definition) is 1. The number of aryl methyl sites for hydroxylation is 1. The predicted molar refractivity (Wildman–Crippen MR) is 87.1 cm³/mol. The molecule has 1 aromatic rings. The Labute approximate surface area is 127 Å². The topological polar surface area (TPSA) is 46.3 Å². The standard InChI is InChI=1S/C13H18N2OS3/c1-8(5-12(14)17)15(2)13(16)11-6-9-7-18-4-3-10(9)19-11/h6,8H,3-5,7H2,1-2H3,(H2,14,17). The second kappa shape index (κ2) is 6.24. The number of carbonyl (C=O) groups excluding carboxylic acids is 1. The average molecular weight is 315 g/mol. The van der Waals surface area contributed by atoms with Crippen molar-refractivity contribution in [1.82, 2.24) is 4.90 Å². The number of nitrogens with zero attached hydrogens (tertiary/aromatic N) is 1. The summed E-state index contributed by atoms with van der Waals surface area (Å²) in [7, 11) is 1.82. The van der Waals surface area contributed by atoms with Crippen LogP contribution in [-0.2, 0) is 12.2 Å². The van der Waals surface area contributed by atoms with Gasteiger partial charge in [-0.2, -0.15) is 11.8 Å². The number of thiocarbonyl (C=S) groups is 1. The molecule has 0 spiro atoms. The number of fused-ring (bicyclic) bond motifs is 1. The van der Waals surface area contributed by atoms with E-state index in [-0.39, 0.29) is 11.9 Å². The number of amides is 1. The van der Waals surface area contributed by atoms with Gasteiger partial charge in [-0.3, -0.25) is 4.79 Å². The second-order valence-corrected chi connectivity index (χ2v) is 7.56. The molecular formula is C13H18N2OS3. The van der Waals surface area contributed by atoms with Crippen molar-refractivity contribution in [3.8, 4) is 0 Å². The fourth-order valence-electron chi connectivity index (χ4n) is 2.05. The molecule has 0 aromatic carbocycles. The summed E-state index contributed by atoms with van der Waals surface area (Å²) in [4.78, 5) is 16.8. The molecule has 104 valence electrons. The van der Waals surface area contributed by atoms with E-state index in [9.17, 15) is 4.79 Å². The fraction of sp³-hybridized carbons (Fsp3) is 0.538. The molecule has 0 saturated heterocycles. The molecule has 1 aliphatic rings. The van der Waals surface area contributed by atoms with Crippen LogP contribution in [-0.4, -0.2) is 34.6 Å². The molecule has 1 aliphatic heterocycles. The predicted octanol–water partition coefficient (Wildman–Crippen LogP) is 2.67. The molecule has 0 fully saturated rings. The lowest BCUT2D eigenvalue weighted by Crippen LogP contribution is -2.37. The van der Waals surface area contributed by atoms with Gasteiger partial charge >= 0.3 is 0 Å². The number of rotatable bonds is 4. The van der Waals surface area contributed by atoms with Crippen LogP contribution in [0.2, 0.25) is 0 Å². The van der Waals surface area contributed by atoms with E-state index in [1.165, 1.54) is 10.4 Å². The summed E-state index contributed by atoms with van der Waals surface area (Å²) in [6.07, 6.45) is 1.66. The monoisotopic (exact) mass is 314 g/mol. The SMILES string of the molecule is CC(CC(N)=S)N(C)C(=O)c1cc2c(s1)CCSC2. The smallest absolute Gasteiger partial charge is 0.263 e. The van der Waals surface area contributed by atoms with Gasteiger partial charge in [0.25, 0.3) is 5.91 Å². The molecule has 1 aromatic heterocycles. The zero-order valence-corrected chi connectivity index (χ0v) is 13.6. The van der Waals surface area contributed by atoms with Gasteiger partial charge in [0, 0.05) is 30.1 Å². The summed E-state index contributed by atoms with van der Waals surface area (Å²) in [6.45, 7) is 1.97. The van der Waals surface area contributed by atoms with Crippen molar-refractivity contribution >= 4 is 46.2 Å². The van der Waals surface area contributed by atoms with Gasteiger partial charge in [-0.15, -0.1) is 11.3 Å². The first kappa shape index (κ1) is 14.8. The molecular weight excluding hydrogens is 296 g/mol. The van der Waals surface area contributed by atoms with E-state index < -0.39 is 0 Å². The van der Waals surface area contributed by atoms with Crippen LogP contribution in [0.3, 0.4) is 0 Å². The Morgan fingerprint density at radius 3 is 3.00 bits per heavy atom. The van der Waals surface area contributed by atoms with Gasteiger partial charge < -0.3 is 10.6 Å². The third kappa shape index (κ3) is 3.49. The van der Waals surface area contributed by atoms with Gasteiger partial charge in [-0.25, -0.2) is 0 Å². The summed E-state index contributed by atoms with van der Waals surface area (Å²) in [5, 5.41) is 0. The number of nitrogens with two attached hydrogens (primary N) is 1. The third-order valence-corrected chi connectivity index (χ3v) is 5.72. The van der Waals surface area contributed by atoms with Crippen molar-refractivity contribution < 1.29 is 4.79 Å². The Morgan fingerprint density at radius 1 is 1.63 bits per heavy atom. The number of thiophene rings is 1. The van der Waals surface area contributed by atoms with Crippen LogP contribution < -0.4 is 5.73 Å². The van der Waals surface area contributed by atoms with Crippen molar-refractivity contribution in [3.63, 3.8) is 0 Å². The van der Waals surface area contributed by atoms with Crippen LogP contribution in [0.25, 0.3) is 0 Å². The molecule has 0 radical (unpaired) electrons. The van der Waals surface area contributed by atoms with E-state index in [0.29, 0.717) is 11.4 Å². The Balaban J connectivity index is 2.10. The van der Waals surface area contributed by atoms with Gasteiger partial charge in [0.2, 0.25) is 0 Å². The highest BCUT2D eigenvalue weighted by molar-refractivity contribution is 7.98. The zero-order valence-electron chi connectivity index (χ0n) is 11.1. The first-order chi connectivity index (χ1) is 8.99. The summed E-state index contributed by atoms with van der Waals surface area (Å²) in [6, 6.07) is 2.09. The molecule has 3 nitrogen and oxygen atoms in total. The van der Waals surface area contributed by atoms with E-state index in [1.54, 1.807) is 16.2 Å². The molecule has 2 heterocycles. The summed E-state index contributed by atoms with van der Waals surface area (Å²) < 4.78 is 0.